The van der Waals surface area contributed by atoms with Crippen LogP contribution < -0.4 is 0 Å². The first kappa shape index (κ1) is 28.6. The number of aromatic nitrogens is 1. The molecule has 39 heavy (non-hydrogen) atoms. The lowest BCUT2D eigenvalue weighted by molar-refractivity contribution is 0.00194. The molecule has 2 atom stereocenters. The molecule has 0 fully saturated rings. The molecule has 1 aliphatic carbocycles. The summed E-state index contributed by atoms with van der Waals surface area (Å²) in [5.41, 5.74) is 4.39. The fraction of sp³-hybridized carbons (Fsp3) is 0.387. The third-order valence-corrected chi connectivity index (χ3v) is 6.89. The number of halogens is 1. The van der Waals surface area contributed by atoms with Crippen molar-refractivity contribution in [3.8, 4) is 11.3 Å². The zero-order chi connectivity index (χ0) is 28.2. The average molecular weight is 551 g/mol. The van der Waals surface area contributed by atoms with Crippen LogP contribution in [0, 0.1) is 0 Å². The molecule has 2 unspecified atom stereocenters. The van der Waals surface area contributed by atoms with Crippen molar-refractivity contribution in [3.05, 3.63) is 88.1 Å². The second kappa shape index (κ2) is 12.2. The van der Waals surface area contributed by atoms with Gasteiger partial charge in [-0.3, -0.25) is 4.98 Å². The van der Waals surface area contributed by atoms with E-state index in [4.69, 9.17) is 21.1 Å². The third kappa shape index (κ3) is 7.37. The van der Waals surface area contributed by atoms with E-state index in [-0.39, 0.29) is 12.6 Å². The Morgan fingerprint density at radius 1 is 1.13 bits per heavy atom. The molecule has 0 saturated heterocycles. The highest BCUT2D eigenvalue weighted by Crippen LogP contribution is 2.31. The van der Waals surface area contributed by atoms with Crippen LogP contribution in [0.4, 0.5) is 4.79 Å². The number of esters is 1. The Morgan fingerprint density at radius 2 is 1.92 bits per heavy atom. The average Bonchev–Trinajstić information content (AvgIpc) is 2.90. The first-order valence-corrected chi connectivity index (χ1v) is 13.6. The van der Waals surface area contributed by atoms with Crippen LogP contribution in [-0.4, -0.2) is 51.8 Å². The summed E-state index contributed by atoms with van der Waals surface area (Å²) >= 11 is 6.14. The van der Waals surface area contributed by atoms with Gasteiger partial charge in [-0.05, 0) is 94.0 Å². The van der Waals surface area contributed by atoms with E-state index in [2.05, 4.69) is 17.1 Å². The number of hydrogen-bond acceptors (Lipinski definition) is 6. The zero-order valence-electron chi connectivity index (χ0n) is 22.8. The van der Waals surface area contributed by atoms with E-state index in [1.54, 1.807) is 42.2 Å². The van der Waals surface area contributed by atoms with Crippen LogP contribution in [-0.2, 0) is 22.3 Å². The van der Waals surface area contributed by atoms with Gasteiger partial charge in [-0.15, -0.1) is 0 Å². The second-order valence-electron chi connectivity index (χ2n) is 10.7. The Kier molecular flexibility index (Phi) is 8.93. The lowest BCUT2D eigenvalue weighted by Crippen LogP contribution is -2.47. The lowest BCUT2D eigenvalue weighted by Gasteiger charge is -2.37. The molecule has 1 aliphatic rings. The van der Waals surface area contributed by atoms with Gasteiger partial charge in [-0.2, -0.15) is 0 Å². The Balaban J connectivity index is 1.57. The highest BCUT2D eigenvalue weighted by Gasteiger charge is 2.33. The minimum atomic E-state index is -0.911. The van der Waals surface area contributed by atoms with Gasteiger partial charge in [-0.1, -0.05) is 35.9 Å². The predicted octanol–water partition coefficient (Wildman–Crippen LogP) is 6.41. The first-order valence-electron chi connectivity index (χ1n) is 13.2. The standard InChI is InChI=1S/C31H35ClN2O5/c1-5-38-29(36)23-12-14-27(33-18-23)21-10-9-20-11-13-26(17-24(20)15-21)34(30(37)39-31(2,3)4)19-28(35)22-7-6-8-25(32)16-22/h6-10,12,14-16,18,26,28,35H,5,11,13,17,19H2,1-4H3. The summed E-state index contributed by atoms with van der Waals surface area (Å²) in [4.78, 5) is 31.5. The SMILES string of the molecule is CCOC(=O)c1ccc(-c2ccc3c(c2)CC(N(CC(O)c2cccc(Cl)c2)C(=O)OC(C)(C)C)CC3)nc1. The lowest BCUT2D eigenvalue weighted by atomic mass is 9.86. The van der Waals surface area contributed by atoms with Crippen molar-refractivity contribution in [2.75, 3.05) is 13.2 Å². The fourth-order valence-corrected chi connectivity index (χ4v) is 4.96. The van der Waals surface area contributed by atoms with Gasteiger partial charge < -0.3 is 19.5 Å². The number of aliphatic hydroxyl groups excluding tert-OH is 1. The minimum absolute atomic E-state index is 0.0891. The van der Waals surface area contributed by atoms with Gasteiger partial charge in [0.05, 0.1) is 30.5 Å². The molecule has 0 aliphatic heterocycles. The summed E-state index contributed by atoms with van der Waals surface area (Å²) < 4.78 is 10.8. The number of benzene rings is 2. The smallest absolute Gasteiger partial charge is 0.410 e. The zero-order valence-corrected chi connectivity index (χ0v) is 23.6. The van der Waals surface area contributed by atoms with Crippen molar-refractivity contribution in [1.29, 1.82) is 0 Å². The molecule has 1 aromatic heterocycles. The van der Waals surface area contributed by atoms with Crippen molar-refractivity contribution in [3.63, 3.8) is 0 Å². The summed E-state index contributed by atoms with van der Waals surface area (Å²) in [6.45, 7) is 7.66. The Morgan fingerprint density at radius 3 is 2.59 bits per heavy atom. The van der Waals surface area contributed by atoms with Crippen LogP contribution in [0.25, 0.3) is 11.3 Å². The Bertz CT molecular complexity index is 1320. The van der Waals surface area contributed by atoms with Crippen LogP contribution in [0.1, 0.15) is 67.3 Å². The molecule has 4 rings (SSSR count). The minimum Gasteiger partial charge on any atom is -0.462 e. The van der Waals surface area contributed by atoms with Crippen molar-refractivity contribution in [2.24, 2.45) is 0 Å². The maximum absolute atomic E-state index is 13.3. The van der Waals surface area contributed by atoms with E-state index in [0.29, 0.717) is 29.2 Å². The molecule has 0 spiro atoms. The first-order chi connectivity index (χ1) is 18.5. The van der Waals surface area contributed by atoms with Gasteiger partial charge in [-0.25, -0.2) is 9.59 Å². The fourth-order valence-electron chi connectivity index (χ4n) is 4.76. The maximum Gasteiger partial charge on any atom is 0.410 e. The van der Waals surface area contributed by atoms with Crippen LogP contribution in [0.15, 0.2) is 60.8 Å². The van der Waals surface area contributed by atoms with Gasteiger partial charge >= 0.3 is 12.1 Å². The van der Waals surface area contributed by atoms with Crippen LogP contribution in [0.2, 0.25) is 5.02 Å². The Hall–Kier alpha value is -3.42. The third-order valence-electron chi connectivity index (χ3n) is 6.65. The second-order valence-corrected chi connectivity index (χ2v) is 11.2. The summed E-state index contributed by atoms with van der Waals surface area (Å²) in [5.74, 6) is -0.396. The van der Waals surface area contributed by atoms with E-state index in [1.807, 2.05) is 32.9 Å². The van der Waals surface area contributed by atoms with Crippen molar-refractivity contribution in [2.45, 2.75) is 64.7 Å². The van der Waals surface area contributed by atoms with E-state index < -0.39 is 23.8 Å². The molecule has 2 aromatic carbocycles. The molecule has 8 heteroatoms. The van der Waals surface area contributed by atoms with E-state index >= 15 is 0 Å². The Labute approximate surface area is 234 Å². The summed E-state index contributed by atoms with van der Waals surface area (Å²) in [7, 11) is 0. The van der Waals surface area contributed by atoms with Crippen molar-refractivity contribution < 1.29 is 24.2 Å². The number of aliphatic hydroxyl groups is 1. The van der Waals surface area contributed by atoms with Crippen molar-refractivity contribution in [1.82, 2.24) is 9.88 Å². The summed E-state index contributed by atoms with van der Waals surface area (Å²) in [6, 6.07) is 16.6. The van der Waals surface area contributed by atoms with E-state index in [1.165, 1.54) is 11.8 Å². The number of pyridine rings is 1. The molecule has 7 nitrogen and oxygen atoms in total. The molecule has 3 aromatic rings. The van der Waals surface area contributed by atoms with Gasteiger partial charge in [0.15, 0.2) is 0 Å². The number of fused-ring (bicyclic) bond motifs is 1. The number of nitrogens with zero attached hydrogens (tertiary/aromatic N) is 2. The maximum atomic E-state index is 13.3. The number of amides is 1. The molecule has 0 saturated carbocycles. The van der Waals surface area contributed by atoms with Gasteiger partial charge in [0.1, 0.15) is 5.60 Å². The molecule has 0 bridgehead atoms. The quantitative estimate of drug-likeness (QED) is 0.342. The summed E-state index contributed by atoms with van der Waals surface area (Å²) in [6.07, 6.45) is 2.32. The van der Waals surface area contributed by atoms with Crippen LogP contribution >= 0.6 is 11.6 Å². The van der Waals surface area contributed by atoms with Crippen LogP contribution in [0.3, 0.4) is 0 Å². The molecule has 206 valence electrons. The number of carbonyl (C=O) groups excluding carboxylic acids is 2. The normalized spacial score (nSPS) is 15.7. The van der Waals surface area contributed by atoms with E-state index in [0.717, 1.165) is 29.7 Å². The number of hydrogen-bond donors (Lipinski definition) is 1. The van der Waals surface area contributed by atoms with Crippen molar-refractivity contribution >= 4 is 23.7 Å². The van der Waals surface area contributed by atoms with Gasteiger partial charge in [0.2, 0.25) is 0 Å². The predicted molar refractivity (Wildman–Crippen MR) is 151 cm³/mol. The largest absolute Gasteiger partial charge is 0.462 e. The molecular weight excluding hydrogens is 516 g/mol. The summed E-state index contributed by atoms with van der Waals surface area (Å²) in [5, 5.41) is 11.6. The molecule has 1 amide bonds. The number of carbonyl (C=O) groups is 2. The van der Waals surface area contributed by atoms with E-state index in [9.17, 15) is 14.7 Å². The van der Waals surface area contributed by atoms with Gasteiger partial charge in [0, 0.05) is 22.8 Å². The number of aryl methyl sites for hydroxylation is 1. The van der Waals surface area contributed by atoms with Crippen LogP contribution in [0.5, 0.6) is 0 Å². The van der Waals surface area contributed by atoms with Gasteiger partial charge in [0.25, 0.3) is 0 Å². The molecular formula is C31H35ClN2O5. The monoisotopic (exact) mass is 550 g/mol. The number of rotatable bonds is 7. The highest BCUT2D eigenvalue weighted by atomic mass is 35.5. The number of ether oxygens (including phenoxy) is 2. The molecule has 1 N–H and O–H groups in total. The topological polar surface area (TPSA) is 89.0 Å². The highest BCUT2D eigenvalue weighted by molar-refractivity contribution is 6.30. The molecule has 0 radical (unpaired) electrons. The molecule has 1 heterocycles.